The molecule has 2 N–H and O–H groups in total. The molecule has 0 radical (unpaired) electrons. The number of carbonyl (C=O) groups is 1. The number of hydrogen-bond donors (Lipinski definition) is 2. The molecule has 5 heteroatoms. The van der Waals surface area contributed by atoms with Crippen LogP contribution in [0.15, 0.2) is 35.3 Å². The number of nitrogens with one attached hydrogen (secondary N) is 1. The Bertz CT molecular complexity index is 556. The van der Waals surface area contributed by atoms with Gasteiger partial charge in [0, 0.05) is 17.1 Å². The fraction of sp³-hybridized carbons (Fsp3) is 0. The number of hydrogen-bond acceptors (Lipinski definition) is 3. The Morgan fingerprint density at radius 2 is 2.13 bits per heavy atom. The first-order valence-electron chi connectivity index (χ1n) is 4.19. The molecule has 4 nitrogen and oxygen atoms in total. The van der Waals surface area contributed by atoms with E-state index in [1.165, 1.54) is 18.3 Å². The Balaban J connectivity index is 2.46. The van der Waals surface area contributed by atoms with Crippen LogP contribution in [0.4, 0.5) is 0 Å². The standard InChI is InChI=1S/C10H7NO3S/c12-9-5-6(3-4-11-9)7-1-2-8(15-7)10(13)14/h1-5H,(H,11,12)(H,13,14). The number of aromatic carboxylic acids is 1. The zero-order valence-electron chi connectivity index (χ0n) is 7.56. The largest absolute Gasteiger partial charge is 0.477 e. The summed E-state index contributed by atoms with van der Waals surface area (Å²) < 4.78 is 0. The van der Waals surface area contributed by atoms with Crippen molar-refractivity contribution >= 4 is 17.3 Å². The Labute approximate surface area is 88.8 Å². The average Bonchev–Trinajstić information content (AvgIpc) is 2.66. The molecule has 0 aromatic carbocycles. The molecule has 0 amide bonds. The molecule has 2 aromatic heterocycles. The second-order valence-corrected chi connectivity index (χ2v) is 3.99. The highest BCUT2D eigenvalue weighted by atomic mass is 32.1. The number of rotatable bonds is 2. The van der Waals surface area contributed by atoms with Gasteiger partial charge in [0.1, 0.15) is 4.88 Å². The fourth-order valence-corrected chi connectivity index (χ4v) is 2.05. The number of pyridine rings is 1. The lowest BCUT2D eigenvalue weighted by Crippen LogP contribution is -2.01. The van der Waals surface area contributed by atoms with E-state index in [4.69, 9.17) is 5.11 Å². The van der Waals surface area contributed by atoms with E-state index in [1.54, 1.807) is 12.1 Å². The monoisotopic (exact) mass is 221 g/mol. The summed E-state index contributed by atoms with van der Waals surface area (Å²) in [6, 6.07) is 6.41. The molecule has 76 valence electrons. The normalized spacial score (nSPS) is 10.1. The van der Waals surface area contributed by atoms with Crippen molar-refractivity contribution in [3.8, 4) is 10.4 Å². The molecular weight excluding hydrogens is 214 g/mol. The summed E-state index contributed by atoms with van der Waals surface area (Å²) in [4.78, 5) is 25.2. The van der Waals surface area contributed by atoms with Gasteiger partial charge in [0.15, 0.2) is 0 Å². The quantitative estimate of drug-likeness (QED) is 0.812. The molecule has 2 aromatic rings. The van der Waals surface area contributed by atoms with Crippen LogP contribution in [0.25, 0.3) is 10.4 Å². The zero-order chi connectivity index (χ0) is 10.8. The van der Waals surface area contributed by atoms with Crippen molar-refractivity contribution in [1.29, 1.82) is 0 Å². The number of aromatic nitrogens is 1. The smallest absolute Gasteiger partial charge is 0.345 e. The second kappa shape index (κ2) is 3.70. The number of H-pyrrole nitrogens is 1. The molecule has 0 aliphatic heterocycles. The van der Waals surface area contributed by atoms with Gasteiger partial charge < -0.3 is 10.1 Å². The first kappa shape index (κ1) is 9.67. The summed E-state index contributed by atoms with van der Waals surface area (Å²) >= 11 is 1.15. The first-order valence-corrected chi connectivity index (χ1v) is 5.01. The molecule has 2 rings (SSSR count). The van der Waals surface area contributed by atoms with Gasteiger partial charge in [-0.2, -0.15) is 0 Å². The Hall–Kier alpha value is -1.88. The third kappa shape index (κ3) is 1.97. The first-order chi connectivity index (χ1) is 7.16. The summed E-state index contributed by atoms with van der Waals surface area (Å²) in [6.45, 7) is 0. The molecule has 2 heterocycles. The molecule has 0 aliphatic carbocycles. The van der Waals surface area contributed by atoms with E-state index in [-0.39, 0.29) is 10.4 Å². The minimum absolute atomic E-state index is 0.197. The average molecular weight is 221 g/mol. The SMILES string of the molecule is O=C(O)c1ccc(-c2cc[nH]c(=O)c2)s1. The highest BCUT2D eigenvalue weighted by molar-refractivity contribution is 7.17. The lowest BCUT2D eigenvalue weighted by molar-refractivity contribution is 0.0702. The van der Waals surface area contributed by atoms with Crippen LogP contribution in [0.5, 0.6) is 0 Å². The van der Waals surface area contributed by atoms with Gasteiger partial charge in [-0.15, -0.1) is 11.3 Å². The van der Waals surface area contributed by atoms with Crippen LogP contribution in [0.2, 0.25) is 0 Å². The number of aromatic amines is 1. The van der Waals surface area contributed by atoms with Gasteiger partial charge in [-0.1, -0.05) is 0 Å². The predicted octanol–water partition coefficient (Wildman–Crippen LogP) is 1.80. The Morgan fingerprint density at radius 3 is 2.73 bits per heavy atom. The second-order valence-electron chi connectivity index (χ2n) is 2.91. The van der Waals surface area contributed by atoms with Gasteiger partial charge in [0.05, 0.1) is 0 Å². The molecule has 0 aliphatic rings. The lowest BCUT2D eigenvalue weighted by Gasteiger charge is -1.93. The van der Waals surface area contributed by atoms with Gasteiger partial charge in [0.25, 0.3) is 0 Å². The zero-order valence-corrected chi connectivity index (χ0v) is 8.38. The van der Waals surface area contributed by atoms with Gasteiger partial charge >= 0.3 is 5.97 Å². The van der Waals surface area contributed by atoms with Gasteiger partial charge in [-0.05, 0) is 23.8 Å². The summed E-state index contributed by atoms with van der Waals surface area (Å²) in [5.74, 6) is -0.948. The van der Waals surface area contributed by atoms with E-state index < -0.39 is 5.97 Å². The van der Waals surface area contributed by atoms with Crippen LogP contribution in [-0.4, -0.2) is 16.1 Å². The van der Waals surface area contributed by atoms with E-state index in [0.717, 1.165) is 21.8 Å². The number of carboxylic acids is 1. The van der Waals surface area contributed by atoms with Crippen LogP contribution in [0.1, 0.15) is 9.67 Å². The predicted molar refractivity (Wildman–Crippen MR) is 57.3 cm³/mol. The molecule has 15 heavy (non-hydrogen) atoms. The third-order valence-electron chi connectivity index (χ3n) is 1.88. The van der Waals surface area contributed by atoms with Crippen LogP contribution in [0, 0.1) is 0 Å². The molecule has 0 saturated carbocycles. The van der Waals surface area contributed by atoms with Crippen LogP contribution < -0.4 is 5.56 Å². The van der Waals surface area contributed by atoms with Gasteiger partial charge in [0.2, 0.25) is 5.56 Å². The van der Waals surface area contributed by atoms with Crippen molar-refractivity contribution in [3.63, 3.8) is 0 Å². The summed E-state index contributed by atoms with van der Waals surface area (Å²) in [7, 11) is 0. The fourth-order valence-electron chi connectivity index (χ4n) is 1.21. The van der Waals surface area contributed by atoms with E-state index in [0.29, 0.717) is 0 Å². The van der Waals surface area contributed by atoms with Crippen LogP contribution >= 0.6 is 11.3 Å². The van der Waals surface area contributed by atoms with E-state index >= 15 is 0 Å². The van der Waals surface area contributed by atoms with Gasteiger partial charge in [-0.25, -0.2) is 4.79 Å². The highest BCUT2D eigenvalue weighted by Gasteiger charge is 2.08. The molecule has 0 spiro atoms. The Kier molecular flexibility index (Phi) is 2.39. The van der Waals surface area contributed by atoms with Crippen molar-refractivity contribution in [3.05, 3.63) is 45.7 Å². The van der Waals surface area contributed by atoms with Gasteiger partial charge in [-0.3, -0.25) is 4.79 Å². The van der Waals surface area contributed by atoms with Crippen molar-refractivity contribution in [2.24, 2.45) is 0 Å². The van der Waals surface area contributed by atoms with E-state index in [2.05, 4.69) is 4.98 Å². The van der Waals surface area contributed by atoms with Crippen molar-refractivity contribution < 1.29 is 9.90 Å². The molecule has 0 atom stereocenters. The summed E-state index contributed by atoms with van der Waals surface area (Å²) in [5, 5.41) is 8.74. The minimum Gasteiger partial charge on any atom is -0.477 e. The molecular formula is C10H7NO3S. The maximum absolute atomic E-state index is 11.0. The number of thiophene rings is 1. The van der Waals surface area contributed by atoms with E-state index in [9.17, 15) is 9.59 Å². The molecule has 0 saturated heterocycles. The van der Waals surface area contributed by atoms with Crippen molar-refractivity contribution in [2.75, 3.05) is 0 Å². The van der Waals surface area contributed by atoms with Crippen LogP contribution in [-0.2, 0) is 0 Å². The maximum atomic E-state index is 11.0. The molecule has 0 bridgehead atoms. The molecule has 0 fully saturated rings. The summed E-state index contributed by atoms with van der Waals surface area (Å²) in [5.41, 5.74) is 0.536. The van der Waals surface area contributed by atoms with E-state index in [1.807, 2.05) is 0 Å². The third-order valence-corrected chi connectivity index (χ3v) is 3.00. The Morgan fingerprint density at radius 1 is 1.33 bits per heavy atom. The lowest BCUT2D eigenvalue weighted by atomic mass is 10.2. The maximum Gasteiger partial charge on any atom is 0.345 e. The molecule has 0 unspecified atom stereocenters. The topological polar surface area (TPSA) is 70.2 Å². The highest BCUT2D eigenvalue weighted by Crippen LogP contribution is 2.26. The van der Waals surface area contributed by atoms with Crippen molar-refractivity contribution in [2.45, 2.75) is 0 Å². The summed E-state index contributed by atoms with van der Waals surface area (Å²) in [6.07, 6.45) is 1.54. The van der Waals surface area contributed by atoms with Crippen LogP contribution in [0.3, 0.4) is 0 Å². The number of carboxylic acid groups (broad SMARTS) is 1. The van der Waals surface area contributed by atoms with Crippen molar-refractivity contribution in [1.82, 2.24) is 4.98 Å². The minimum atomic E-state index is -0.948.